The van der Waals surface area contributed by atoms with Crippen molar-refractivity contribution in [1.29, 1.82) is 0 Å². The van der Waals surface area contributed by atoms with Gasteiger partial charge in [0.2, 0.25) is 5.91 Å². The van der Waals surface area contributed by atoms with Crippen molar-refractivity contribution < 1.29 is 18.7 Å². The molecule has 2 aromatic carbocycles. The molecule has 1 amide bonds. The summed E-state index contributed by atoms with van der Waals surface area (Å²) in [4.78, 5) is 33.3. The fourth-order valence-electron chi connectivity index (χ4n) is 6.10. The Hall–Kier alpha value is -4.01. The highest BCUT2D eigenvalue weighted by atomic mass is 16.5. The molecule has 0 unspecified atom stereocenters. The second-order valence-electron chi connectivity index (χ2n) is 11.7. The van der Waals surface area contributed by atoms with Crippen molar-refractivity contribution in [3.8, 4) is 5.75 Å². The minimum Gasteiger partial charge on any atom is -0.490 e. The summed E-state index contributed by atoms with van der Waals surface area (Å²) in [5.41, 5.74) is 9.04. The standard InChI is InChI=1S/C34H38N4O4/c35-34(40)27-3-1-25(2-4-27)22-38-17-11-29(12-18-38)41-30-5-6-32-28(20-30)21-33(42-32)31(39)19-24-9-15-37(16-10-24)23-26-7-13-36-14-8-26/h1-8,13-14,20-21,24,29H,9-12,15-19,22-23H2,(H2,35,40). The second kappa shape index (κ2) is 12.9. The van der Waals surface area contributed by atoms with Crippen molar-refractivity contribution in [1.82, 2.24) is 14.8 Å². The molecule has 8 heteroatoms. The molecule has 2 aliphatic rings. The zero-order valence-corrected chi connectivity index (χ0v) is 23.9. The number of piperidine rings is 2. The summed E-state index contributed by atoms with van der Waals surface area (Å²) in [6.45, 7) is 5.67. The highest BCUT2D eigenvalue weighted by molar-refractivity contribution is 5.98. The predicted molar refractivity (Wildman–Crippen MR) is 161 cm³/mol. The van der Waals surface area contributed by atoms with E-state index in [1.54, 1.807) is 12.1 Å². The minimum atomic E-state index is -0.402. The molecular weight excluding hydrogens is 528 g/mol. The molecular formula is C34H38N4O4. The van der Waals surface area contributed by atoms with E-state index in [0.717, 1.165) is 81.7 Å². The Kier molecular flexibility index (Phi) is 8.63. The van der Waals surface area contributed by atoms with Crippen LogP contribution in [-0.4, -0.2) is 58.8 Å². The Bertz CT molecular complexity index is 1500. The lowest BCUT2D eigenvalue weighted by Crippen LogP contribution is -2.37. The van der Waals surface area contributed by atoms with Crippen LogP contribution in [0.3, 0.4) is 0 Å². The molecule has 0 radical (unpaired) electrons. The highest BCUT2D eigenvalue weighted by Crippen LogP contribution is 2.29. The Morgan fingerprint density at radius 3 is 2.14 bits per heavy atom. The Labute approximate surface area is 246 Å². The molecule has 42 heavy (non-hydrogen) atoms. The number of carbonyl (C=O) groups is 2. The van der Waals surface area contributed by atoms with E-state index < -0.39 is 5.91 Å². The number of benzene rings is 2. The third-order valence-corrected chi connectivity index (χ3v) is 8.58. The summed E-state index contributed by atoms with van der Waals surface area (Å²) >= 11 is 0. The first kappa shape index (κ1) is 28.1. The average Bonchev–Trinajstić information content (AvgIpc) is 3.44. The van der Waals surface area contributed by atoms with E-state index in [9.17, 15) is 9.59 Å². The fraction of sp³-hybridized carbons (Fsp3) is 0.382. The van der Waals surface area contributed by atoms with Crippen LogP contribution in [0, 0.1) is 5.92 Å². The number of furan rings is 1. The average molecular weight is 567 g/mol. The van der Waals surface area contributed by atoms with Gasteiger partial charge in [-0.2, -0.15) is 0 Å². The molecule has 0 spiro atoms. The van der Waals surface area contributed by atoms with Crippen LogP contribution in [0.25, 0.3) is 11.0 Å². The van der Waals surface area contributed by atoms with Gasteiger partial charge in [0.1, 0.15) is 17.4 Å². The molecule has 2 aliphatic heterocycles. The minimum absolute atomic E-state index is 0.0814. The normalized spacial score (nSPS) is 17.4. The molecule has 4 heterocycles. The first-order chi connectivity index (χ1) is 20.5. The maximum atomic E-state index is 13.1. The number of primary amides is 1. The second-order valence-corrected chi connectivity index (χ2v) is 11.7. The van der Waals surface area contributed by atoms with Crippen molar-refractivity contribution in [2.45, 2.75) is 51.3 Å². The van der Waals surface area contributed by atoms with E-state index in [1.807, 2.05) is 48.8 Å². The number of nitrogens with zero attached hydrogens (tertiary/aromatic N) is 3. The van der Waals surface area contributed by atoms with Crippen molar-refractivity contribution in [2.75, 3.05) is 26.2 Å². The highest BCUT2D eigenvalue weighted by Gasteiger charge is 2.24. The summed E-state index contributed by atoms with van der Waals surface area (Å²) in [5, 5.41) is 0.903. The molecule has 2 aromatic heterocycles. The SMILES string of the molecule is NC(=O)c1ccc(CN2CCC(Oc3ccc4oc(C(=O)CC5CCN(Cc6ccncc6)CC5)cc4c3)CC2)cc1. The molecule has 218 valence electrons. The first-order valence-corrected chi connectivity index (χ1v) is 14.9. The van der Waals surface area contributed by atoms with Crippen LogP contribution in [0.1, 0.15) is 64.1 Å². The molecule has 4 aromatic rings. The number of amides is 1. The summed E-state index contributed by atoms with van der Waals surface area (Å²) < 4.78 is 12.3. The Balaban J connectivity index is 0.969. The van der Waals surface area contributed by atoms with Crippen molar-refractivity contribution in [2.24, 2.45) is 11.7 Å². The quantitative estimate of drug-likeness (QED) is 0.255. The molecule has 2 saturated heterocycles. The van der Waals surface area contributed by atoms with Crippen molar-refractivity contribution in [3.63, 3.8) is 0 Å². The van der Waals surface area contributed by atoms with E-state index in [2.05, 4.69) is 26.9 Å². The van der Waals surface area contributed by atoms with Gasteiger partial charge >= 0.3 is 0 Å². The summed E-state index contributed by atoms with van der Waals surface area (Å²) in [6, 6.07) is 19.3. The molecule has 0 saturated carbocycles. The third-order valence-electron chi connectivity index (χ3n) is 8.58. The van der Waals surface area contributed by atoms with Crippen molar-refractivity contribution in [3.05, 3.63) is 95.5 Å². The zero-order chi connectivity index (χ0) is 28.9. The van der Waals surface area contributed by atoms with Crippen LogP contribution >= 0.6 is 0 Å². The Morgan fingerprint density at radius 2 is 1.48 bits per heavy atom. The number of Topliss-reactive ketones (excluding diaryl/α,β-unsaturated/α-hetero) is 1. The molecule has 6 rings (SSSR count). The predicted octanol–water partition coefficient (Wildman–Crippen LogP) is 5.46. The van der Waals surface area contributed by atoms with Gasteiger partial charge in [-0.15, -0.1) is 0 Å². The van der Waals surface area contributed by atoms with Crippen LogP contribution in [0.15, 0.2) is 77.5 Å². The summed E-state index contributed by atoms with van der Waals surface area (Å²) in [5.74, 6) is 1.32. The number of fused-ring (bicyclic) bond motifs is 1. The van der Waals surface area contributed by atoms with Gasteiger partial charge in [0.05, 0.1) is 0 Å². The number of nitrogens with two attached hydrogens (primary N) is 1. The lowest BCUT2D eigenvalue weighted by molar-refractivity contribution is 0.0899. The molecule has 2 N–H and O–H groups in total. The summed E-state index contributed by atoms with van der Waals surface area (Å²) in [7, 11) is 0. The molecule has 0 atom stereocenters. The number of likely N-dealkylation sites (tertiary alicyclic amines) is 2. The first-order valence-electron chi connectivity index (χ1n) is 14.9. The topological polar surface area (TPSA) is 102 Å². The van der Waals surface area contributed by atoms with Gasteiger partial charge < -0.3 is 14.9 Å². The molecule has 2 fully saturated rings. The number of hydrogen-bond acceptors (Lipinski definition) is 7. The van der Waals surface area contributed by atoms with Crippen LogP contribution in [-0.2, 0) is 13.1 Å². The van der Waals surface area contributed by atoms with E-state index in [1.165, 1.54) is 11.1 Å². The maximum absolute atomic E-state index is 13.1. The maximum Gasteiger partial charge on any atom is 0.248 e. The number of ether oxygens (including phenoxy) is 1. The van der Waals surface area contributed by atoms with Gasteiger partial charge in [0.25, 0.3) is 0 Å². The van der Waals surface area contributed by atoms with Crippen LogP contribution < -0.4 is 10.5 Å². The largest absolute Gasteiger partial charge is 0.490 e. The fourth-order valence-corrected chi connectivity index (χ4v) is 6.10. The number of carbonyl (C=O) groups excluding carboxylic acids is 2. The van der Waals surface area contributed by atoms with Gasteiger partial charge in [0.15, 0.2) is 11.5 Å². The van der Waals surface area contributed by atoms with Crippen molar-refractivity contribution >= 4 is 22.7 Å². The van der Waals surface area contributed by atoms with E-state index >= 15 is 0 Å². The van der Waals surface area contributed by atoms with E-state index in [4.69, 9.17) is 14.9 Å². The van der Waals surface area contributed by atoms with Gasteiger partial charge in [-0.05, 0) is 104 Å². The summed E-state index contributed by atoms with van der Waals surface area (Å²) in [6.07, 6.45) is 8.27. The molecule has 0 bridgehead atoms. The smallest absolute Gasteiger partial charge is 0.248 e. The van der Waals surface area contributed by atoms with Gasteiger partial charge in [0, 0.05) is 55.9 Å². The monoisotopic (exact) mass is 566 g/mol. The Morgan fingerprint density at radius 1 is 0.833 bits per heavy atom. The van der Waals surface area contributed by atoms with Crippen LogP contribution in [0.2, 0.25) is 0 Å². The number of rotatable bonds is 10. The van der Waals surface area contributed by atoms with Crippen LogP contribution in [0.5, 0.6) is 5.75 Å². The van der Waals surface area contributed by atoms with Gasteiger partial charge in [-0.25, -0.2) is 0 Å². The van der Waals surface area contributed by atoms with E-state index in [-0.39, 0.29) is 11.9 Å². The number of ketones is 1. The third kappa shape index (κ3) is 7.06. The molecule has 0 aliphatic carbocycles. The van der Waals surface area contributed by atoms with Crippen LogP contribution in [0.4, 0.5) is 0 Å². The number of hydrogen-bond donors (Lipinski definition) is 1. The lowest BCUT2D eigenvalue weighted by atomic mass is 9.91. The van der Waals surface area contributed by atoms with Gasteiger partial charge in [-0.1, -0.05) is 12.1 Å². The number of aromatic nitrogens is 1. The zero-order valence-electron chi connectivity index (χ0n) is 23.9. The lowest BCUT2D eigenvalue weighted by Gasteiger charge is -2.32. The number of pyridine rings is 1. The van der Waals surface area contributed by atoms with E-state index in [0.29, 0.717) is 23.7 Å². The molecule has 8 nitrogen and oxygen atoms in total. The van der Waals surface area contributed by atoms with Gasteiger partial charge in [-0.3, -0.25) is 24.4 Å².